The van der Waals surface area contributed by atoms with Gasteiger partial charge in [0.15, 0.2) is 0 Å². The summed E-state index contributed by atoms with van der Waals surface area (Å²) in [6.07, 6.45) is 1.65. The van der Waals surface area contributed by atoms with E-state index in [0.717, 1.165) is 34.9 Å². The first-order valence-electron chi connectivity index (χ1n) is 9.69. The van der Waals surface area contributed by atoms with Crippen LogP contribution in [0.2, 0.25) is 5.02 Å². The first-order valence-corrected chi connectivity index (χ1v) is 10.1. The number of hydrogen-bond acceptors (Lipinski definition) is 3. The van der Waals surface area contributed by atoms with Crippen LogP contribution >= 0.6 is 11.6 Å². The lowest BCUT2D eigenvalue weighted by Crippen LogP contribution is -2.33. The van der Waals surface area contributed by atoms with Crippen molar-refractivity contribution in [3.8, 4) is 5.75 Å². The minimum Gasteiger partial charge on any atom is -0.464 e. The van der Waals surface area contributed by atoms with E-state index in [9.17, 15) is 0 Å². The zero-order valence-corrected chi connectivity index (χ0v) is 16.4. The number of halogens is 1. The van der Waals surface area contributed by atoms with Crippen LogP contribution in [0.1, 0.15) is 47.9 Å². The summed E-state index contributed by atoms with van der Waals surface area (Å²) in [6, 6.07) is 25.0. The van der Waals surface area contributed by atoms with Gasteiger partial charge in [0, 0.05) is 22.6 Å². The number of benzene rings is 3. The average Bonchev–Trinajstić information content (AvgIpc) is 3.20. The molecule has 2 aliphatic heterocycles. The molecule has 0 spiro atoms. The molecule has 3 nitrogen and oxygen atoms in total. The summed E-state index contributed by atoms with van der Waals surface area (Å²) in [4.78, 5) is 0. The number of nitrogens with zero attached hydrogens (tertiary/aromatic N) is 2. The summed E-state index contributed by atoms with van der Waals surface area (Å²) in [5.41, 5.74) is 5.87. The molecule has 0 N–H and O–H groups in total. The Morgan fingerprint density at radius 1 is 1.00 bits per heavy atom. The zero-order chi connectivity index (χ0) is 19.1. The van der Waals surface area contributed by atoms with E-state index in [0.29, 0.717) is 0 Å². The van der Waals surface area contributed by atoms with Crippen LogP contribution in [-0.2, 0) is 6.42 Å². The van der Waals surface area contributed by atoms with E-state index in [1.165, 1.54) is 16.7 Å². The van der Waals surface area contributed by atoms with E-state index in [1.54, 1.807) is 0 Å². The highest BCUT2D eigenvalue weighted by Crippen LogP contribution is 2.47. The third-order valence-electron chi connectivity index (χ3n) is 5.55. The Balaban J connectivity index is 1.56. The molecule has 0 fully saturated rings. The topological polar surface area (TPSA) is 24.8 Å². The number of hydrazone groups is 1. The maximum absolute atomic E-state index is 6.37. The van der Waals surface area contributed by atoms with Crippen molar-refractivity contribution in [2.24, 2.45) is 5.10 Å². The van der Waals surface area contributed by atoms with Gasteiger partial charge in [0.25, 0.3) is 0 Å². The van der Waals surface area contributed by atoms with Crippen LogP contribution in [0.25, 0.3) is 0 Å². The summed E-state index contributed by atoms with van der Waals surface area (Å²) in [5.74, 6) is 0.932. The quantitative estimate of drug-likeness (QED) is 0.538. The molecule has 0 aliphatic carbocycles. The van der Waals surface area contributed by atoms with Crippen LogP contribution in [0, 0.1) is 0 Å². The van der Waals surface area contributed by atoms with Crippen LogP contribution in [0.3, 0.4) is 0 Å². The zero-order valence-electron chi connectivity index (χ0n) is 15.7. The van der Waals surface area contributed by atoms with E-state index in [-0.39, 0.29) is 12.3 Å². The van der Waals surface area contributed by atoms with Crippen LogP contribution in [0.5, 0.6) is 5.75 Å². The van der Waals surface area contributed by atoms with Crippen molar-refractivity contribution >= 4 is 17.3 Å². The number of hydrogen-bond donors (Lipinski definition) is 0. The molecular weight excluding hydrogens is 368 g/mol. The van der Waals surface area contributed by atoms with Crippen molar-refractivity contribution in [2.75, 3.05) is 0 Å². The molecule has 0 radical (unpaired) electrons. The van der Waals surface area contributed by atoms with Gasteiger partial charge in [-0.05, 0) is 35.7 Å². The number of fused-ring (bicyclic) bond motifs is 3. The van der Waals surface area contributed by atoms with Crippen molar-refractivity contribution in [1.29, 1.82) is 0 Å². The molecular formula is C24H21ClN2O. The summed E-state index contributed by atoms with van der Waals surface area (Å²) in [7, 11) is 0. The second-order valence-electron chi connectivity index (χ2n) is 7.26. The molecule has 4 heteroatoms. The molecule has 3 aromatic rings. The molecule has 0 aromatic heterocycles. The maximum Gasteiger partial charge on any atom is 0.213 e. The maximum atomic E-state index is 6.37. The normalized spacial score (nSPS) is 20.2. The predicted molar refractivity (Wildman–Crippen MR) is 113 cm³/mol. The van der Waals surface area contributed by atoms with Crippen LogP contribution in [0.4, 0.5) is 0 Å². The Kier molecular flexibility index (Phi) is 4.33. The van der Waals surface area contributed by atoms with Crippen molar-refractivity contribution < 1.29 is 4.74 Å². The third kappa shape index (κ3) is 2.96. The van der Waals surface area contributed by atoms with Crippen LogP contribution in [-0.4, -0.2) is 10.7 Å². The smallest absolute Gasteiger partial charge is 0.213 e. The predicted octanol–water partition coefficient (Wildman–Crippen LogP) is 6.14. The summed E-state index contributed by atoms with van der Waals surface area (Å²) >= 11 is 6.09. The Hall–Kier alpha value is -2.78. The average molecular weight is 389 g/mol. The van der Waals surface area contributed by atoms with E-state index < -0.39 is 0 Å². The molecule has 0 bridgehead atoms. The molecule has 0 amide bonds. The standard InChI is InChI=1S/C24H21ClN2O/c1-2-16-7-9-17(10-8-16)21-15-22-20-5-3-4-6-23(20)28-24(27(22)26-21)18-11-13-19(25)14-12-18/h3-14,22,24H,2,15H2,1H3/t22-,24+/m1/s1. The van der Waals surface area contributed by atoms with Crippen molar-refractivity contribution in [2.45, 2.75) is 32.0 Å². The molecule has 5 rings (SSSR count). The van der Waals surface area contributed by atoms with Gasteiger partial charge in [-0.2, -0.15) is 5.10 Å². The lowest BCUT2D eigenvalue weighted by Gasteiger charge is -2.38. The van der Waals surface area contributed by atoms with Gasteiger partial charge in [0.05, 0.1) is 11.8 Å². The van der Waals surface area contributed by atoms with Gasteiger partial charge in [0.2, 0.25) is 6.23 Å². The third-order valence-corrected chi connectivity index (χ3v) is 5.80. The van der Waals surface area contributed by atoms with Gasteiger partial charge in [-0.15, -0.1) is 0 Å². The molecule has 0 saturated carbocycles. The fraction of sp³-hybridized carbons (Fsp3) is 0.208. The van der Waals surface area contributed by atoms with Gasteiger partial charge in [0.1, 0.15) is 5.75 Å². The van der Waals surface area contributed by atoms with Crippen molar-refractivity contribution in [3.63, 3.8) is 0 Å². The molecule has 0 unspecified atom stereocenters. The molecule has 3 aromatic carbocycles. The van der Waals surface area contributed by atoms with Crippen LogP contribution < -0.4 is 4.74 Å². The minimum absolute atomic E-state index is 0.173. The number of para-hydroxylation sites is 1. The second-order valence-corrected chi connectivity index (χ2v) is 7.69. The Morgan fingerprint density at radius 2 is 1.75 bits per heavy atom. The highest BCUT2D eigenvalue weighted by atomic mass is 35.5. The van der Waals surface area contributed by atoms with Gasteiger partial charge in [-0.1, -0.05) is 73.1 Å². The number of ether oxygens (including phenoxy) is 1. The molecule has 2 atom stereocenters. The van der Waals surface area contributed by atoms with E-state index in [1.807, 2.05) is 36.4 Å². The fourth-order valence-electron chi connectivity index (χ4n) is 3.99. The monoisotopic (exact) mass is 388 g/mol. The van der Waals surface area contributed by atoms with Gasteiger partial charge < -0.3 is 4.74 Å². The summed E-state index contributed by atoms with van der Waals surface area (Å²) in [5, 5.41) is 7.83. The van der Waals surface area contributed by atoms with E-state index in [2.05, 4.69) is 48.3 Å². The summed E-state index contributed by atoms with van der Waals surface area (Å²) in [6.45, 7) is 2.17. The number of aryl methyl sites for hydroxylation is 1. The second kappa shape index (κ2) is 6.99. The lowest BCUT2D eigenvalue weighted by molar-refractivity contribution is -0.0190. The SMILES string of the molecule is CCc1ccc(C2=NN3[C@H](C2)c2ccccc2O[C@H]3c2ccc(Cl)cc2)cc1. The summed E-state index contributed by atoms with van der Waals surface area (Å²) < 4.78 is 6.37. The fourth-order valence-corrected chi connectivity index (χ4v) is 4.11. The largest absolute Gasteiger partial charge is 0.464 e. The highest BCUT2D eigenvalue weighted by molar-refractivity contribution is 6.30. The number of rotatable bonds is 3. The first kappa shape index (κ1) is 17.3. The molecule has 140 valence electrons. The van der Waals surface area contributed by atoms with Gasteiger partial charge >= 0.3 is 0 Å². The van der Waals surface area contributed by atoms with Crippen molar-refractivity contribution in [1.82, 2.24) is 5.01 Å². The first-order chi connectivity index (χ1) is 13.7. The Labute approximate surface area is 170 Å². The van der Waals surface area contributed by atoms with E-state index >= 15 is 0 Å². The van der Waals surface area contributed by atoms with Gasteiger partial charge in [-0.3, -0.25) is 0 Å². The van der Waals surface area contributed by atoms with Crippen LogP contribution in [0.15, 0.2) is 77.9 Å². The lowest BCUT2D eigenvalue weighted by atomic mass is 9.95. The molecule has 28 heavy (non-hydrogen) atoms. The molecule has 2 aliphatic rings. The molecule has 2 heterocycles. The minimum atomic E-state index is -0.260. The molecule has 0 saturated heterocycles. The Morgan fingerprint density at radius 3 is 2.50 bits per heavy atom. The van der Waals surface area contributed by atoms with Gasteiger partial charge in [-0.25, -0.2) is 5.01 Å². The highest BCUT2D eigenvalue weighted by Gasteiger charge is 2.40. The Bertz CT molecular complexity index is 1030. The van der Waals surface area contributed by atoms with E-state index in [4.69, 9.17) is 21.4 Å². The van der Waals surface area contributed by atoms with Crippen molar-refractivity contribution in [3.05, 3.63) is 100 Å².